The smallest absolute Gasteiger partial charge is 0.160 e. The summed E-state index contributed by atoms with van der Waals surface area (Å²) in [6.07, 6.45) is 3.65. The first-order chi connectivity index (χ1) is 7.78. The van der Waals surface area contributed by atoms with Gasteiger partial charge >= 0.3 is 5.51 Å². The Morgan fingerprint density at radius 2 is 1.88 bits per heavy atom. The largest absolute Gasteiger partial charge is 0.446 e. The van der Waals surface area contributed by atoms with Gasteiger partial charge in [-0.05, 0) is 36.2 Å². The Balaban J connectivity index is 3.04. The highest BCUT2D eigenvalue weighted by Crippen LogP contribution is 2.39. The van der Waals surface area contributed by atoms with Gasteiger partial charge in [0, 0.05) is 4.90 Å². The van der Waals surface area contributed by atoms with Crippen LogP contribution in [0.3, 0.4) is 0 Å². The molecule has 0 unspecified atom stereocenters. The lowest BCUT2D eigenvalue weighted by molar-refractivity contribution is -0.0328. The standard InChI is InChI=1S/C13H15F3S/c1-9(2)4-6-11-8-10(3)5-7-12(11)17-13(14,15)16/h4-9H,1-3H3. The first-order valence-electron chi connectivity index (χ1n) is 5.32. The zero-order chi connectivity index (χ0) is 13.1. The maximum absolute atomic E-state index is 12.4. The molecule has 0 fully saturated rings. The Labute approximate surface area is 104 Å². The maximum atomic E-state index is 12.4. The molecule has 0 amide bonds. The van der Waals surface area contributed by atoms with Gasteiger partial charge in [-0.3, -0.25) is 0 Å². The van der Waals surface area contributed by atoms with E-state index in [1.54, 1.807) is 18.2 Å². The van der Waals surface area contributed by atoms with Crippen molar-refractivity contribution >= 4 is 17.8 Å². The third-order valence-corrected chi connectivity index (χ3v) is 2.87. The van der Waals surface area contributed by atoms with Crippen molar-refractivity contribution in [3.05, 3.63) is 35.4 Å². The molecule has 0 nitrogen and oxygen atoms in total. The summed E-state index contributed by atoms with van der Waals surface area (Å²) in [6.45, 7) is 5.85. The fourth-order valence-electron chi connectivity index (χ4n) is 1.31. The van der Waals surface area contributed by atoms with Crippen LogP contribution in [0.5, 0.6) is 0 Å². The quantitative estimate of drug-likeness (QED) is 0.666. The van der Waals surface area contributed by atoms with Crippen molar-refractivity contribution in [3.63, 3.8) is 0 Å². The second-order valence-corrected chi connectivity index (χ2v) is 5.30. The molecular weight excluding hydrogens is 245 g/mol. The van der Waals surface area contributed by atoms with Crippen molar-refractivity contribution in [1.82, 2.24) is 0 Å². The summed E-state index contributed by atoms with van der Waals surface area (Å²) in [4.78, 5) is 0.250. The van der Waals surface area contributed by atoms with E-state index >= 15 is 0 Å². The van der Waals surface area contributed by atoms with E-state index in [2.05, 4.69) is 0 Å². The van der Waals surface area contributed by atoms with E-state index in [1.807, 2.05) is 26.8 Å². The predicted octanol–water partition coefficient (Wildman–Crippen LogP) is 5.28. The molecule has 0 aliphatic heterocycles. The van der Waals surface area contributed by atoms with Gasteiger partial charge in [-0.25, -0.2) is 0 Å². The molecule has 17 heavy (non-hydrogen) atoms. The van der Waals surface area contributed by atoms with E-state index in [0.29, 0.717) is 11.5 Å². The molecule has 0 N–H and O–H groups in total. The summed E-state index contributed by atoms with van der Waals surface area (Å²) < 4.78 is 37.1. The predicted molar refractivity (Wildman–Crippen MR) is 67.0 cm³/mol. The average Bonchev–Trinajstić information content (AvgIpc) is 2.16. The highest BCUT2D eigenvalue weighted by atomic mass is 32.2. The average molecular weight is 260 g/mol. The number of hydrogen-bond donors (Lipinski definition) is 0. The Hall–Kier alpha value is -0.900. The van der Waals surface area contributed by atoms with Gasteiger partial charge in [-0.15, -0.1) is 0 Å². The molecule has 0 aliphatic carbocycles. The van der Waals surface area contributed by atoms with Crippen LogP contribution in [-0.4, -0.2) is 5.51 Å². The third kappa shape index (κ3) is 5.31. The molecule has 0 heterocycles. The van der Waals surface area contributed by atoms with Gasteiger partial charge in [0.1, 0.15) is 0 Å². The van der Waals surface area contributed by atoms with Gasteiger partial charge < -0.3 is 0 Å². The Kier molecular flexibility index (Phi) is 4.69. The summed E-state index contributed by atoms with van der Waals surface area (Å²) in [5.41, 5.74) is -2.66. The van der Waals surface area contributed by atoms with Gasteiger partial charge in [-0.1, -0.05) is 43.7 Å². The van der Waals surface area contributed by atoms with E-state index in [0.717, 1.165) is 5.56 Å². The molecule has 1 aromatic carbocycles. The molecule has 0 aromatic heterocycles. The fraction of sp³-hybridized carbons (Fsp3) is 0.385. The lowest BCUT2D eigenvalue weighted by Crippen LogP contribution is -2.00. The molecular formula is C13H15F3S. The Bertz CT molecular complexity index is 406. The van der Waals surface area contributed by atoms with Crippen molar-refractivity contribution in [3.8, 4) is 0 Å². The summed E-state index contributed by atoms with van der Waals surface area (Å²) in [5, 5.41) is 0. The molecule has 0 saturated heterocycles. The van der Waals surface area contributed by atoms with Crippen LogP contribution in [0, 0.1) is 12.8 Å². The minimum absolute atomic E-state index is 0.0635. The van der Waals surface area contributed by atoms with Crippen molar-refractivity contribution < 1.29 is 13.2 Å². The van der Waals surface area contributed by atoms with Gasteiger partial charge in [0.2, 0.25) is 0 Å². The van der Waals surface area contributed by atoms with Crippen LogP contribution < -0.4 is 0 Å². The lowest BCUT2D eigenvalue weighted by Gasteiger charge is -2.09. The maximum Gasteiger partial charge on any atom is 0.446 e. The topological polar surface area (TPSA) is 0 Å². The first-order valence-corrected chi connectivity index (χ1v) is 6.14. The van der Waals surface area contributed by atoms with Crippen LogP contribution in [0.1, 0.15) is 25.0 Å². The SMILES string of the molecule is Cc1ccc(SC(F)(F)F)c(C=CC(C)C)c1. The molecule has 1 aromatic rings. The van der Waals surface area contributed by atoms with Crippen LogP contribution >= 0.6 is 11.8 Å². The summed E-state index contributed by atoms with van der Waals surface area (Å²) in [6, 6.07) is 4.99. The molecule has 1 rings (SSSR count). The van der Waals surface area contributed by atoms with Crippen molar-refractivity contribution in [2.24, 2.45) is 5.92 Å². The molecule has 0 aliphatic rings. The summed E-state index contributed by atoms with van der Waals surface area (Å²) in [5.74, 6) is 0.319. The van der Waals surface area contributed by atoms with Gasteiger partial charge in [0.15, 0.2) is 0 Å². The van der Waals surface area contributed by atoms with Crippen LogP contribution in [0.2, 0.25) is 0 Å². The van der Waals surface area contributed by atoms with E-state index in [1.165, 1.54) is 6.07 Å². The number of alkyl halides is 3. The van der Waals surface area contributed by atoms with Gasteiger partial charge in [-0.2, -0.15) is 13.2 Å². The molecule has 0 saturated carbocycles. The number of hydrogen-bond acceptors (Lipinski definition) is 1. The molecule has 94 valence electrons. The highest BCUT2D eigenvalue weighted by Gasteiger charge is 2.30. The van der Waals surface area contributed by atoms with E-state index in [9.17, 15) is 13.2 Å². The molecule has 0 atom stereocenters. The van der Waals surface area contributed by atoms with Crippen molar-refractivity contribution in [2.75, 3.05) is 0 Å². The highest BCUT2D eigenvalue weighted by molar-refractivity contribution is 8.00. The fourth-order valence-corrected chi connectivity index (χ4v) is 1.94. The number of allylic oxidation sites excluding steroid dienone is 1. The van der Waals surface area contributed by atoms with E-state index < -0.39 is 5.51 Å². The molecule has 4 heteroatoms. The van der Waals surface area contributed by atoms with Crippen molar-refractivity contribution in [2.45, 2.75) is 31.2 Å². The number of rotatable bonds is 3. The number of halogens is 3. The zero-order valence-electron chi connectivity index (χ0n) is 10.0. The van der Waals surface area contributed by atoms with Crippen LogP contribution in [0.4, 0.5) is 13.2 Å². The molecule has 0 bridgehead atoms. The summed E-state index contributed by atoms with van der Waals surface area (Å²) >= 11 is -0.0635. The summed E-state index contributed by atoms with van der Waals surface area (Å²) in [7, 11) is 0. The number of thioether (sulfide) groups is 1. The third-order valence-electron chi connectivity index (χ3n) is 2.05. The number of aryl methyl sites for hydroxylation is 1. The first kappa shape index (κ1) is 14.2. The van der Waals surface area contributed by atoms with E-state index in [-0.39, 0.29) is 16.7 Å². The van der Waals surface area contributed by atoms with Gasteiger partial charge in [0.05, 0.1) is 0 Å². The second kappa shape index (κ2) is 5.63. The van der Waals surface area contributed by atoms with Crippen LogP contribution in [0.15, 0.2) is 29.2 Å². The minimum atomic E-state index is -4.24. The Morgan fingerprint density at radius 3 is 2.41 bits per heavy atom. The zero-order valence-corrected chi connectivity index (χ0v) is 10.8. The van der Waals surface area contributed by atoms with Gasteiger partial charge in [0.25, 0.3) is 0 Å². The second-order valence-electron chi connectivity index (χ2n) is 4.19. The number of benzene rings is 1. The molecule has 0 spiro atoms. The normalized spacial score (nSPS) is 12.6. The Morgan fingerprint density at radius 1 is 1.24 bits per heavy atom. The minimum Gasteiger partial charge on any atom is -0.160 e. The lowest BCUT2D eigenvalue weighted by atomic mass is 10.1. The van der Waals surface area contributed by atoms with Crippen LogP contribution in [-0.2, 0) is 0 Å². The molecule has 0 radical (unpaired) electrons. The monoisotopic (exact) mass is 260 g/mol. The van der Waals surface area contributed by atoms with Crippen LogP contribution in [0.25, 0.3) is 6.08 Å². The van der Waals surface area contributed by atoms with E-state index in [4.69, 9.17) is 0 Å². The van der Waals surface area contributed by atoms with Crippen molar-refractivity contribution in [1.29, 1.82) is 0 Å².